The molecule has 3 rings (SSSR count). The van der Waals surface area contributed by atoms with E-state index < -0.39 is 17.9 Å². The molecule has 0 N–H and O–H groups in total. The Hall–Kier alpha value is -3.25. The van der Waals surface area contributed by atoms with Crippen LogP contribution in [0.25, 0.3) is 11.1 Å². The molecule has 0 aliphatic carbocycles. The van der Waals surface area contributed by atoms with E-state index in [-0.39, 0.29) is 27.1 Å². The molecule has 9 heteroatoms. The third-order valence-electron chi connectivity index (χ3n) is 3.96. The Morgan fingerprint density at radius 2 is 1.67 bits per heavy atom. The summed E-state index contributed by atoms with van der Waals surface area (Å²) >= 11 is 3.12. The van der Waals surface area contributed by atoms with E-state index >= 15 is 0 Å². The van der Waals surface area contributed by atoms with Crippen LogP contribution >= 0.6 is 15.9 Å². The minimum absolute atomic E-state index is 0.0593. The first kappa shape index (κ1) is 21.5. The van der Waals surface area contributed by atoms with E-state index in [2.05, 4.69) is 20.7 Å². The van der Waals surface area contributed by atoms with Gasteiger partial charge in [-0.3, -0.25) is 0 Å². The van der Waals surface area contributed by atoms with Crippen molar-refractivity contribution in [2.75, 3.05) is 7.11 Å². The SMILES string of the molecule is COc1ccc(-c2cccc(Oc3ccc(OC(F)(F)F)cc3Br)c2C#N)c(F)c1. The van der Waals surface area contributed by atoms with E-state index in [9.17, 15) is 22.8 Å². The van der Waals surface area contributed by atoms with Gasteiger partial charge in [-0.25, -0.2) is 4.39 Å². The van der Waals surface area contributed by atoms with Crippen LogP contribution in [0.2, 0.25) is 0 Å². The first-order valence-electron chi connectivity index (χ1n) is 8.32. The summed E-state index contributed by atoms with van der Waals surface area (Å²) in [4.78, 5) is 0. The van der Waals surface area contributed by atoms with Gasteiger partial charge in [0.15, 0.2) is 0 Å². The van der Waals surface area contributed by atoms with Crippen LogP contribution in [0, 0.1) is 17.1 Å². The lowest BCUT2D eigenvalue weighted by Crippen LogP contribution is -2.17. The molecule has 3 aromatic carbocycles. The molecule has 0 atom stereocenters. The van der Waals surface area contributed by atoms with Gasteiger partial charge in [0.2, 0.25) is 0 Å². The van der Waals surface area contributed by atoms with Gasteiger partial charge < -0.3 is 14.2 Å². The molecule has 4 nitrogen and oxygen atoms in total. The number of nitriles is 1. The van der Waals surface area contributed by atoms with Crippen molar-refractivity contribution in [2.24, 2.45) is 0 Å². The van der Waals surface area contributed by atoms with E-state index in [0.29, 0.717) is 11.3 Å². The van der Waals surface area contributed by atoms with Gasteiger partial charge in [-0.1, -0.05) is 12.1 Å². The smallest absolute Gasteiger partial charge is 0.497 e. The van der Waals surface area contributed by atoms with E-state index in [4.69, 9.17) is 9.47 Å². The highest BCUT2D eigenvalue weighted by Gasteiger charge is 2.31. The summed E-state index contributed by atoms with van der Waals surface area (Å²) in [6, 6.07) is 14.3. The highest BCUT2D eigenvalue weighted by Crippen LogP contribution is 2.38. The molecule has 0 heterocycles. The number of nitrogens with zero attached hydrogens (tertiary/aromatic N) is 1. The summed E-state index contributed by atoms with van der Waals surface area (Å²) in [7, 11) is 1.41. The van der Waals surface area contributed by atoms with Gasteiger partial charge in [-0.2, -0.15) is 5.26 Å². The van der Waals surface area contributed by atoms with Crippen LogP contribution in [0.5, 0.6) is 23.0 Å². The zero-order valence-corrected chi connectivity index (χ0v) is 16.8. The van der Waals surface area contributed by atoms with Gasteiger partial charge in [0.05, 0.1) is 11.6 Å². The van der Waals surface area contributed by atoms with Gasteiger partial charge in [0, 0.05) is 17.2 Å². The molecule has 0 aliphatic rings. The van der Waals surface area contributed by atoms with Crippen molar-refractivity contribution in [2.45, 2.75) is 6.36 Å². The predicted molar refractivity (Wildman–Crippen MR) is 104 cm³/mol. The summed E-state index contributed by atoms with van der Waals surface area (Å²) in [5, 5.41) is 9.64. The number of hydrogen-bond acceptors (Lipinski definition) is 4. The van der Waals surface area contributed by atoms with Crippen molar-refractivity contribution in [1.29, 1.82) is 5.26 Å². The van der Waals surface area contributed by atoms with Crippen LogP contribution in [0.15, 0.2) is 59.1 Å². The van der Waals surface area contributed by atoms with E-state index in [0.717, 1.165) is 12.1 Å². The molecule has 0 radical (unpaired) electrons. The molecule has 0 saturated carbocycles. The van der Waals surface area contributed by atoms with Crippen LogP contribution < -0.4 is 14.2 Å². The second-order valence-corrected chi connectivity index (χ2v) is 6.73. The summed E-state index contributed by atoms with van der Waals surface area (Å²) in [6.07, 6.45) is -4.83. The normalized spacial score (nSPS) is 11.0. The molecule has 0 saturated heterocycles. The maximum atomic E-state index is 14.5. The third-order valence-corrected chi connectivity index (χ3v) is 4.58. The van der Waals surface area contributed by atoms with Crippen molar-refractivity contribution >= 4 is 15.9 Å². The van der Waals surface area contributed by atoms with Crippen LogP contribution in [0.4, 0.5) is 17.6 Å². The molecule has 0 unspecified atom stereocenters. The lowest BCUT2D eigenvalue weighted by atomic mass is 9.99. The summed E-state index contributed by atoms with van der Waals surface area (Å²) in [5.74, 6) is -0.440. The van der Waals surface area contributed by atoms with Crippen molar-refractivity contribution in [1.82, 2.24) is 0 Å². The predicted octanol–water partition coefficient (Wildman–Crippen LogP) is 6.83. The Kier molecular flexibility index (Phi) is 6.17. The van der Waals surface area contributed by atoms with Crippen molar-refractivity contribution in [3.8, 4) is 40.2 Å². The fourth-order valence-electron chi connectivity index (χ4n) is 2.68. The Morgan fingerprint density at radius 1 is 0.933 bits per heavy atom. The topological polar surface area (TPSA) is 51.5 Å². The molecule has 30 heavy (non-hydrogen) atoms. The first-order chi connectivity index (χ1) is 14.2. The third kappa shape index (κ3) is 4.83. The van der Waals surface area contributed by atoms with Gasteiger partial charge in [-0.15, -0.1) is 13.2 Å². The lowest BCUT2D eigenvalue weighted by molar-refractivity contribution is -0.274. The van der Waals surface area contributed by atoms with Crippen molar-refractivity contribution in [3.63, 3.8) is 0 Å². The largest absolute Gasteiger partial charge is 0.573 e. The number of hydrogen-bond donors (Lipinski definition) is 0. The second kappa shape index (κ2) is 8.63. The highest BCUT2D eigenvalue weighted by atomic mass is 79.9. The monoisotopic (exact) mass is 481 g/mol. The highest BCUT2D eigenvalue weighted by molar-refractivity contribution is 9.10. The molecule has 0 fully saturated rings. The molecule has 0 spiro atoms. The lowest BCUT2D eigenvalue weighted by Gasteiger charge is -2.14. The molecular formula is C21H12BrF4NO3. The fraction of sp³-hybridized carbons (Fsp3) is 0.0952. The average molecular weight is 482 g/mol. The quantitative estimate of drug-likeness (QED) is 0.375. The Bertz CT molecular complexity index is 1130. The number of methoxy groups -OCH3 is 1. The number of rotatable bonds is 5. The molecule has 0 bridgehead atoms. The molecule has 0 amide bonds. The zero-order valence-electron chi connectivity index (χ0n) is 15.3. The van der Waals surface area contributed by atoms with E-state index in [1.54, 1.807) is 18.2 Å². The minimum atomic E-state index is -4.83. The van der Waals surface area contributed by atoms with E-state index in [1.807, 2.05) is 6.07 Å². The summed E-state index contributed by atoms with van der Waals surface area (Å²) in [5.41, 5.74) is 0.526. The zero-order chi connectivity index (χ0) is 21.9. The van der Waals surface area contributed by atoms with Crippen LogP contribution in [0.1, 0.15) is 5.56 Å². The summed E-state index contributed by atoms with van der Waals surface area (Å²) in [6.45, 7) is 0. The number of alkyl halides is 3. The number of ether oxygens (including phenoxy) is 3. The molecule has 0 aromatic heterocycles. The van der Waals surface area contributed by atoms with Gasteiger partial charge in [0.25, 0.3) is 0 Å². The van der Waals surface area contributed by atoms with Crippen LogP contribution in [-0.4, -0.2) is 13.5 Å². The first-order valence-corrected chi connectivity index (χ1v) is 9.11. The Labute approximate surface area is 177 Å². The van der Waals surface area contributed by atoms with Crippen LogP contribution in [-0.2, 0) is 0 Å². The van der Waals surface area contributed by atoms with Crippen molar-refractivity contribution in [3.05, 3.63) is 70.5 Å². The summed E-state index contributed by atoms with van der Waals surface area (Å²) < 4.78 is 66.3. The average Bonchev–Trinajstić information content (AvgIpc) is 2.68. The molecule has 154 valence electrons. The minimum Gasteiger partial charge on any atom is -0.497 e. The number of halogens is 5. The second-order valence-electron chi connectivity index (χ2n) is 5.88. The molecule has 0 aliphatic heterocycles. The van der Waals surface area contributed by atoms with Gasteiger partial charge in [-0.05, 0) is 52.3 Å². The van der Waals surface area contributed by atoms with Crippen molar-refractivity contribution < 1.29 is 31.8 Å². The Balaban J connectivity index is 1.97. The maximum Gasteiger partial charge on any atom is 0.573 e. The standard InChI is InChI=1S/C21H12BrF4NO3/c1-28-12-5-7-15(18(23)10-12)14-3-2-4-19(16(14)11-27)29-20-8-6-13(9-17(20)22)30-21(24,25)26/h2-10H,1H3. The fourth-order valence-corrected chi connectivity index (χ4v) is 3.12. The van der Waals surface area contributed by atoms with E-state index in [1.165, 1.54) is 31.4 Å². The number of benzene rings is 3. The Morgan fingerprint density at radius 3 is 2.27 bits per heavy atom. The maximum absolute atomic E-state index is 14.5. The molecular weight excluding hydrogens is 470 g/mol. The van der Waals surface area contributed by atoms with Crippen LogP contribution in [0.3, 0.4) is 0 Å². The van der Waals surface area contributed by atoms with Gasteiger partial charge >= 0.3 is 6.36 Å². The molecule has 3 aromatic rings. The van der Waals surface area contributed by atoms with Gasteiger partial charge in [0.1, 0.15) is 40.4 Å².